The van der Waals surface area contributed by atoms with Crippen molar-refractivity contribution in [1.29, 1.82) is 0 Å². The number of hydrogen-bond donors (Lipinski definition) is 1. The van der Waals surface area contributed by atoms with Crippen molar-refractivity contribution in [2.24, 2.45) is 0 Å². The summed E-state index contributed by atoms with van der Waals surface area (Å²) in [5.41, 5.74) is 2.17. The van der Waals surface area contributed by atoms with E-state index in [0.29, 0.717) is 6.04 Å². The van der Waals surface area contributed by atoms with Crippen LogP contribution < -0.4 is 5.32 Å². The Morgan fingerprint density at radius 2 is 2.12 bits per heavy atom. The zero-order chi connectivity index (χ0) is 12.0. The summed E-state index contributed by atoms with van der Waals surface area (Å²) in [6.45, 7) is 7.91. The van der Waals surface area contributed by atoms with Gasteiger partial charge in [0.25, 0.3) is 0 Å². The number of aryl methyl sites for hydroxylation is 2. The topological polar surface area (TPSA) is 47.3 Å². The molecule has 92 valence electrons. The van der Waals surface area contributed by atoms with Gasteiger partial charge in [-0.2, -0.15) is 0 Å². The van der Waals surface area contributed by atoms with Crippen LogP contribution in [0.25, 0.3) is 0 Å². The second kappa shape index (κ2) is 6.66. The van der Waals surface area contributed by atoms with Crippen LogP contribution in [0.2, 0.25) is 0 Å². The van der Waals surface area contributed by atoms with E-state index in [0.717, 1.165) is 37.4 Å². The number of nitrogens with zero attached hydrogens (tertiary/aromatic N) is 1. The van der Waals surface area contributed by atoms with E-state index in [2.05, 4.69) is 17.4 Å². The van der Waals surface area contributed by atoms with E-state index in [1.165, 1.54) is 5.56 Å². The van der Waals surface area contributed by atoms with Gasteiger partial charge < -0.3 is 14.6 Å². The van der Waals surface area contributed by atoms with Gasteiger partial charge in [0.2, 0.25) is 0 Å². The Balaban J connectivity index is 2.32. The Labute approximate surface area is 97.3 Å². The van der Waals surface area contributed by atoms with Crippen molar-refractivity contribution in [3.8, 4) is 0 Å². The maximum absolute atomic E-state index is 5.15. The first kappa shape index (κ1) is 13.2. The van der Waals surface area contributed by atoms with Gasteiger partial charge in [-0.1, -0.05) is 5.16 Å². The third-order valence-electron chi connectivity index (χ3n) is 2.75. The molecule has 1 N–H and O–H groups in total. The molecule has 0 aliphatic rings. The maximum Gasteiger partial charge on any atom is 0.138 e. The molecule has 1 rings (SSSR count). The Bertz CT molecular complexity index is 290. The number of rotatable bonds is 7. The number of unbranched alkanes of at least 4 members (excludes halogenated alkanes) is 1. The van der Waals surface area contributed by atoms with Crippen LogP contribution in [-0.4, -0.2) is 25.4 Å². The monoisotopic (exact) mass is 226 g/mol. The van der Waals surface area contributed by atoms with Gasteiger partial charge in [-0.05, 0) is 40.2 Å². The number of methoxy groups -OCH3 is 1. The molecule has 0 fully saturated rings. The molecular formula is C12H22N2O2. The Kier molecular flexibility index (Phi) is 5.49. The summed E-state index contributed by atoms with van der Waals surface area (Å²) >= 11 is 0. The maximum atomic E-state index is 5.15. The average Bonchev–Trinajstić information content (AvgIpc) is 2.58. The van der Waals surface area contributed by atoms with Crippen molar-refractivity contribution < 1.29 is 9.26 Å². The minimum atomic E-state index is 0.300. The summed E-state index contributed by atoms with van der Waals surface area (Å²) in [5.74, 6) is 0.911. The summed E-state index contributed by atoms with van der Waals surface area (Å²) in [6, 6.07) is 0.300. The predicted octanol–water partition coefficient (Wildman–Crippen LogP) is 2.37. The molecule has 1 heterocycles. The van der Waals surface area contributed by atoms with Crippen LogP contribution in [0.3, 0.4) is 0 Å². The second-order valence-corrected chi connectivity index (χ2v) is 4.11. The molecule has 0 radical (unpaired) electrons. The Morgan fingerprint density at radius 3 is 2.69 bits per heavy atom. The molecule has 16 heavy (non-hydrogen) atoms. The lowest BCUT2D eigenvalue weighted by Gasteiger charge is -2.13. The molecule has 1 unspecified atom stereocenters. The third-order valence-corrected chi connectivity index (χ3v) is 2.75. The highest BCUT2D eigenvalue weighted by Gasteiger charge is 2.15. The van der Waals surface area contributed by atoms with Crippen LogP contribution in [0.4, 0.5) is 0 Å². The fourth-order valence-electron chi connectivity index (χ4n) is 1.90. The van der Waals surface area contributed by atoms with Crippen molar-refractivity contribution in [2.75, 3.05) is 20.3 Å². The van der Waals surface area contributed by atoms with E-state index in [9.17, 15) is 0 Å². The van der Waals surface area contributed by atoms with Crippen molar-refractivity contribution in [2.45, 2.75) is 39.7 Å². The van der Waals surface area contributed by atoms with Crippen molar-refractivity contribution >= 4 is 0 Å². The first-order valence-corrected chi connectivity index (χ1v) is 5.82. The summed E-state index contributed by atoms with van der Waals surface area (Å²) < 4.78 is 10.2. The van der Waals surface area contributed by atoms with Crippen LogP contribution in [0, 0.1) is 13.8 Å². The van der Waals surface area contributed by atoms with Crippen molar-refractivity contribution in [3.63, 3.8) is 0 Å². The Morgan fingerprint density at radius 1 is 1.38 bits per heavy atom. The highest BCUT2D eigenvalue weighted by molar-refractivity contribution is 5.24. The lowest BCUT2D eigenvalue weighted by Crippen LogP contribution is -2.21. The first-order valence-electron chi connectivity index (χ1n) is 5.82. The summed E-state index contributed by atoms with van der Waals surface area (Å²) in [6.07, 6.45) is 2.22. The van der Waals surface area contributed by atoms with E-state index < -0.39 is 0 Å². The van der Waals surface area contributed by atoms with Gasteiger partial charge in [-0.25, -0.2) is 0 Å². The van der Waals surface area contributed by atoms with E-state index >= 15 is 0 Å². The van der Waals surface area contributed by atoms with Crippen molar-refractivity contribution in [3.05, 3.63) is 17.0 Å². The molecule has 0 saturated carbocycles. The van der Waals surface area contributed by atoms with Gasteiger partial charge >= 0.3 is 0 Å². The van der Waals surface area contributed by atoms with Crippen molar-refractivity contribution in [1.82, 2.24) is 10.5 Å². The summed E-state index contributed by atoms with van der Waals surface area (Å²) in [4.78, 5) is 0. The SMILES string of the molecule is COCCCCNC(C)c1c(C)noc1C. The highest BCUT2D eigenvalue weighted by atomic mass is 16.5. The lowest BCUT2D eigenvalue weighted by atomic mass is 10.1. The van der Waals surface area contributed by atoms with Gasteiger partial charge in [0.1, 0.15) is 5.76 Å². The molecule has 4 heteroatoms. The smallest absolute Gasteiger partial charge is 0.138 e. The summed E-state index contributed by atoms with van der Waals surface area (Å²) in [7, 11) is 1.74. The zero-order valence-corrected chi connectivity index (χ0v) is 10.7. The Hall–Kier alpha value is -0.870. The molecule has 0 saturated heterocycles. The van der Waals surface area contributed by atoms with Crippen LogP contribution in [-0.2, 0) is 4.74 Å². The van der Waals surface area contributed by atoms with Crippen LogP contribution in [0.5, 0.6) is 0 Å². The van der Waals surface area contributed by atoms with Gasteiger partial charge in [0.05, 0.1) is 5.69 Å². The van der Waals surface area contributed by atoms with Gasteiger partial charge in [-0.3, -0.25) is 0 Å². The normalized spacial score (nSPS) is 13.0. The molecular weight excluding hydrogens is 204 g/mol. The van der Waals surface area contributed by atoms with E-state index in [-0.39, 0.29) is 0 Å². The minimum Gasteiger partial charge on any atom is -0.385 e. The minimum absolute atomic E-state index is 0.300. The van der Waals surface area contributed by atoms with Gasteiger partial charge in [-0.15, -0.1) is 0 Å². The van der Waals surface area contributed by atoms with Crippen LogP contribution in [0.15, 0.2) is 4.52 Å². The zero-order valence-electron chi connectivity index (χ0n) is 10.7. The average molecular weight is 226 g/mol. The molecule has 0 aromatic carbocycles. The largest absolute Gasteiger partial charge is 0.385 e. The number of hydrogen-bond acceptors (Lipinski definition) is 4. The number of aromatic nitrogens is 1. The quantitative estimate of drug-likeness (QED) is 0.725. The lowest BCUT2D eigenvalue weighted by molar-refractivity contribution is 0.192. The molecule has 4 nitrogen and oxygen atoms in total. The molecule has 0 aliphatic carbocycles. The van der Waals surface area contributed by atoms with Gasteiger partial charge in [0.15, 0.2) is 0 Å². The van der Waals surface area contributed by atoms with Crippen LogP contribution >= 0.6 is 0 Å². The molecule has 0 aliphatic heterocycles. The highest BCUT2D eigenvalue weighted by Crippen LogP contribution is 2.20. The molecule has 1 atom stereocenters. The molecule has 0 spiro atoms. The standard InChI is InChI=1S/C12H22N2O2/c1-9(13-7-5-6-8-15-4)12-10(2)14-16-11(12)3/h9,13H,5-8H2,1-4H3. The molecule has 1 aromatic rings. The number of nitrogens with one attached hydrogen (secondary N) is 1. The predicted molar refractivity (Wildman–Crippen MR) is 63.5 cm³/mol. The fraction of sp³-hybridized carbons (Fsp3) is 0.750. The molecule has 0 amide bonds. The van der Waals surface area contributed by atoms with Crippen LogP contribution in [0.1, 0.15) is 42.8 Å². The van der Waals surface area contributed by atoms with E-state index in [1.807, 2.05) is 13.8 Å². The molecule has 0 bridgehead atoms. The van der Waals surface area contributed by atoms with Gasteiger partial charge in [0, 0.05) is 25.3 Å². The number of ether oxygens (including phenoxy) is 1. The molecule has 1 aromatic heterocycles. The summed E-state index contributed by atoms with van der Waals surface area (Å²) in [5, 5.41) is 7.43. The van der Waals surface area contributed by atoms with E-state index in [4.69, 9.17) is 9.26 Å². The first-order chi connectivity index (χ1) is 7.66. The second-order valence-electron chi connectivity index (χ2n) is 4.11. The third kappa shape index (κ3) is 3.61. The fourth-order valence-corrected chi connectivity index (χ4v) is 1.90. The van der Waals surface area contributed by atoms with E-state index in [1.54, 1.807) is 7.11 Å².